The van der Waals surface area contributed by atoms with Gasteiger partial charge in [0.1, 0.15) is 0 Å². The van der Waals surface area contributed by atoms with Gasteiger partial charge in [0.05, 0.1) is 18.8 Å². The molecule has 120 valence electrons. The highest BCUT2D eigenvalue weighted by atomic mass is 32.2. The van der Waals surface area contributed by atoms with Gasteiger partial charge in [0.25, 0.3) is 0 Å². The summed E-state index contributed by atoms with van der Waals surface area (Å²) in [7, 11) is -0.787. The average molecular weight is 322 g/mol. The Bertz CT molecular complexity index is 566. The molecule has 0 amide bonds. The van der Waals surface area contributed by atoms with Crippen molar-refractivity contribution < 1.29 is 18.8 Å². The highest BCUT2D eigenvalue weighted by Gasteiger charge is 2.47. The van der Waals surface area contributed by atoms with Gasteiger partial charge < -0.3 is 14.6 Å². The minimum absolute atomic E-state index is 0.121. The topological polar surface area (TPSA) is 55.8 Å². The number of fused-ring (bicyclic) bond motifs is 2. The van der Waals surface area contributed by atoms with Crippen LogP contribution in [0.5, 0.6) is 0 Å². The fourth-order valence-corrected chi connectivity index (χ4v) is 6.39. The van der Waals surface area contributed by atoms with Crippen molar-refractivity contribution in [3.8, 4) is 0 Å². The fraction of sp³-hybridized carbons (Fsp3) is 0.647. The Morgan fingerprint density at radius 1 is 1.09 bits per heavy atom. The molecule has 0 saturated carbocycles. The molecule has 0 aliphatic carbocycles. The number of rotatable bonds is 2. The quantitative estimate of drug-likeness (QED) is 0.908. The monoisotopic (exact) mass is 322 g/mol. The lowest BCUT2D eigenvalue weighted by molar-refractivity contribution is -0.0520. The van der Waals surface area contributed by atoms with E-state index in [2.05, 4.69) is 0 Å². The van der Waals surface area contributed by atoms with Crippen LogP contribution in [0.3, 0.4) is 0 Å². The van der Waals surface area contributed by atoms with Gasteiger partial charge in [-0.15, -0.1) is 0 Å². The van der Waals surface area contributed by atoms with Crippen LogP contribution in [0.15, 0.2) is 24.3 Å². The van der Waals surface area contributed by atoms with Crippen LogP contribution in [-0.2, 0) is 25.9 Å². The first-order chi connectivity index (χ1) is 10.7. The maximum Gasteiger partial charge on any atom is 0.184 e. The molecule has 3 saturated heterocycles. The van der Waals surface area contributed by atoms with Crippen molar-refractivity contribution >= 4 is 10.8 Å². The molecule has 3 aliphatic heterocycles. The molecule has 1 aromatic rings. The van der Waals surface area contributed by atoms with Gasteiger partial charge in [-0.1, -0.05) is 30.7 Å². The molecule has 1 aromatic carbocycles. The van der Waals surface area contributed by atoms with Crippen LogP contribution in [0, 0.1) is 0 Å². The first kappa shape index (κ1) is 14.8. The maximum atomic E-state index is 12.4. The van der Waals surface area contributed by atoms with E-state index >= 15 is 0 Å². The molecule has 2 bridgehead atoms. The maximum absolute atomic E-state index is 12.4. The molecule has 0 aromatic heterocycles. The van der Waals surface area contributed by atoms with Crippen molar-refractivity contribution in [1.29, 1.82) is 0 Å². The van der Waals surface area contributed by atoms with Crippen LogP contribution in [0.2, 0.25) is 0 Å². The van der Waals surface area contributed by atoms with Crippen LogP contribution in [0.25, 0.3) is 0 Å². The first-order valence-corrected chi connectivity index (χ1v) is 9.39. The van der Waals surface area contributed by atoms with Crippen molar-refractivity contribution in [2.24, 2.45) is 0 Å². The molecule has 2 atom stereocenters. The lowest BCUT2D eigenvalue weighted by Crippen LogP contribution is -2.47. The summed E-state index contributed by atoms with van der Waals surface area (Å²) in [4.78, 5) is 0. The third-order valence-corrected chi connectivity index (χ3v) is 7.30. The van der Waals surface area contributed by atoms with Crippen molar-refractivity contribution in [2.75, 3.05) is 13.2 Å². The van der Waals surface area contributed by atoms with Gasteiger partial charge in [-0.05, 0) is 31.2 Å². The Hall–Kier alpha value is -0.750. The molecule has 3 fully saturated rings. The van der Waals surface area contributed by atoms with Gasteiger partial charge >= 0.3 is 0 Å². The van der Waals surface area contributed by atoms with Crippen molar-refractivity contribution in [1.82, 2.24) is 0 Å². The zero-order valence-electron chi connectivity index (χ0n) is 12.6. The first-order valence-electron chi connectivity index (χ1n) is 8.12. The standard InChI is InChI=1S/C17H22O4S/c18-17(10-12-4-3-5-13(11-17)22(12)19)15-7-2-1-6-14(15)16-20-8-9-21-16/h1-2,6-7,12-13,16,18H,3-5,8-11H2. The molecule has 3 heterocycles. The number of hydrogen-bond acceptors (Lipinski definition) is 4. The van der Waals surface area contributed by atoms with Gasteiger partial charge in [0.2, 0.25) is 0 Å². The summed E-state index contributed by atoms with van der Waals surface area (Å²) in [5.41, 5.74) is 0.916. The van der Waals surface area contributed by atoms with Crippen LogP contribution in [0.4, 0.5) is 0 Å². The molecule has 2 unspecified atom stereocenters. The van der Waals surface area contributed by atoms with E-state index in [0.29, 0.717) is 26.1 Å². The van der Waals surface area contributed by atoms with E-state index in [9.17, 15) is 9.32 Å². The van der Waals surface area contributed by atoms with Crippen molar-refractivity contribution in [3.63, 3.8) is 0 Å². The Morgan fingerprint density at radius 2 is 1.73 bits per heavy atom. The van der Waals surface area contributed by atoms with Gasteiger partial charge in [0.15, 0.2) is 6.29 Å². The van der Waals surface area contributed by atoms with Crippen molar-refractivity contribution in [3.05, 3.63) is 35.4 Å². The lowest BCUT2D eigenvalue weighted by atomic mass is 9.78. The number of hydrogen-bond donors (Lipinski definition) is 1. The minimum atomic E-state index is -0.907. The summed E-state index contributed by atoms with van der Waals surface area (Å²) in [5.74, 6) is 0. The minimum Gasteiger partial charge on any atom is -0.385 e. The van der Waals surface area contributed by atoms with Gasteiger partial charge in [-0.2, -0.15) is 0 Å². The predicted octanol–water partition coefficient (Wildman–Crippen LogP) is 2.38. The largest absolute Gasteiger partial charge is 0.385 e. The van der Waals surface area contributed by atoms with Crippen LogP contribution < -0.4 is 0 Å². The summed E-state index contributed by atoms with van der Waals surface area (Å²) in [5, 5.41) is 11.6. The molecule has 3 aliphatic rings. The van der Waals surface area contributed by atoms with E-state index in [1.165, 1.54) is 0 Å². The van der Waals surface area contributed by atoms with E-state index in [-0.39, 0.29) is 16.8 Å². The molecular weight excluding hydrogens is 300 g/mol. The van der Waals surface area contributed by atoms with Crippen molar-refractivity contribution in [2.45, 2.75) is 54.5 Å². The normalized spacial score (nSPS) is 39.0. The second-order valence-electron chi connectivity index (χ2n) is 6.60. The SMILES string of the molecule is O=S1C2CCCC1CC(O)(c1ccccc1C1OCCO1)C2. The average Bonchev–Trinajstić information content (AvgIpc) is 3.03. The van der Waals surface area contributed by atoms with Gasteiger partial charge in [-0.3, -0.25) is 4.21 Å². The summed E-state index contributed by atoms with van der Waals surface area (Å²) in [6.07, 6.45) is 3.84. The summed E-state index contributed by atoms with van der Waals surface area (Å²) in [6.45, 7) is 1.18. The second-order valence-corrected chi connectivity index (χ2v) is 8.59. The van der Waals surface area contributed by atoms with Gasteiger partial charge in [0, 0.05) is 26.9 Å². The Labute approximate surface area is 133 Å². The summed E-state index contributed by atoms with van der Waals surface area (Å²) < 4.78 is 23.7. The summed E-state index contributed by atoms with van der Waals surface area (Å²) >= 11 is 0. The fourth-order valence-electron chi connectivity index (χ4n) is 4.17. The van der Waals surface area contributed by atoms with E-state index < -0.39 is 16.4 Å². The third-order valence-electron chi connectivity index (χ3n) is 5.18. The Balaban J connectivity index is 1.70. The van der Waals surface area contributed by atoms with Crippen LogP contribution in [0.1, 0.15) is 49.5 Å². The third kappa shape index (κ3) is 2.44. The molecule has 0 spiro atoms. The smallest absolute Gasteiger partial charge is 0.184 e. The summed E-state index contributed by atoms with van der Waals surface area (Å²) in [6, 6.07) is 7.86. The highest BCUT2D eigenvalue weighted by Crippen LogP contribution is 2.46. The van der Waals surface area contributed by atoms with E-state index in [1.807, 2.05) is 24.3 Å². The van der Waals surface area contributed by atoms with Crippen LogP contribution >= 0.6 is 0 Å². The Morgan fingerprint density at radius 3 is 2.41 bits per heavy atom. The van der Waals surface area contributed by atoms with Crippen LogP contribution in [-0.4, -0.2) is 33.0 Å². The predicted molar refractivity (Wildman–Crippen MR) is 83.8 cm³/mol. The van der Waals surface area contributed by atoms with E-state index in [0.717, 1.165) is 30.4 Å². The molecular formula is C17H22O4S. The van der Waals surface area contributed by atoms with E-state index in [1.54, 1.807) is 0 Å². The molecule has 1 N–H and O–H groups in total. The molecule has 4 rings (SSSR count). The molecule has 4 nitrogen and oxygen atoms in total. The van der Waals surface area contributed by atoms with E-state index in [4.69, 9.17) is 9.47 Å². The lowest BCUT2D eigenvalue weighted by Gasteiger charge is -2.44. The Kier molecular flexibility index (Phi) is 3.85. The highest BCUT2D eigenvalue weighted by molar-refractivity contribution is 7.86. The second kappa shape index (κ2) is 5.71. The zero-order chi connectivity index (χ0) is 15.2. The van der Waals surface area contributed by atoms with Gasteiger partial charge in [-0.25, -0.2) is 0 Å². The molecule has 0 radical (unpaired) electrons. The number of benzene rings is 1. The molecule has 5 heteroatoms. The zero-order valence-corrected chi connectivity index (χ0v) is 13.4. The number of ether oxygens (including phenoxy) is 2. The number of aliphatic hydroxyl groups is 1. The molecule has 22 heavy (non-hydrogen) atoms.